The Kier molecular flexibility index (Phi) is 8.43. The molecule has 0 fully saturated rings. The second kappa shape index (κ2) is 11.3. The molecule has 168 valence electrons. The SMILES string of the molecule is C=CCn1c(Cc2ccc(Cl)cc2)nnc1SCC(=O)Nc1nc(C)c(C(=O)OCC)s1. The van der Waals surface area contributed by atoms with Gasteiger partial charge in [-0.25, -0.2) is 9.78 Å². The van der Waals surface area contributed by atoms with Gasteiger partial charge in [0.1, 0.15) is 10.7 Å². The number of benzene rings is 1. The van der Waals surface area contributed by atoms with Crippen molar-refractivity contribution in [2.24, 2.45) is 0 Å². The second-order valence-electron chi connectivity index (χ2n) is 6.59. The van der Waals surface area contributed by atoms with E-state index in [-0.39, 0.29) is 18.3 Å². The Balaban J connectivity index is 1.63. The van der Waals surface area contributed by atoms with Crippen LogP contribution < -0.4 is 5.32 Å². The van der Waals surface area contributed by atoms with Crippen LogP contribution in [0.1, 0.15) is 33.7 Å². The average Bonchev–Trinajstić information content (AvgIpc) is 3.31. The number of nitrogens with one attached hydrogen (secondary N) is 1. The minimum absolute atomic E-state index is 0.115. The first-order valence-corrected chi connectivity index (χ1v) is 11.9. The van der Waals surface area contributed by atoms with E-state index >= 15 is 0 Å². The monoisotopic (exact) mass is 491 g/mol. The summed E-state index contributed by atoms with van der Waals surface area (Å²) in [6, 6.07) is 7.55. The summed E-state index contributed by atoms with van der Waals surface area (Å²) >= 11 is 8.31. The highest BCUT2D eigenvalue weighted by atomic mass is 35.5. The summed E-state index contributed by atoms with van der Waals surface area (Å²) in [6.45, 7) is 8.04. The first kappa shape index (κ1) is 24.0. The van der Waals surface area contributed by atoms with Gasteiger partial charge in [-0.3, -0.25) is 4.79 Å². The summed E-state index contributed by atoms with van der Waals surface area (Å²) < 4.78 is 6.92. The van der Waals surface area contributed by atoms with Gasteiger partial charge in [-0.15, -0.1) is 16.8 Å². The summed E-state index contributed by atoms with van der Waals surface area (Å²) in [4.78, 5) is 29.0. The summed E-state index contributed by atoms with van der Waals surface area (Å²) in [5.74, 6) is 0.184. The van der Waals surface area contributed by atoms with Crippen LogP contribution in [0.15, 0.2) is 42.1 Å². The van der Waals surface area contributed by atoms with Crippen molar-refractivity contribution < 1.29 is 14.3 Å². The van der Waals surface area contributed by atoms with Gasteiger partial charge >= 0.3 is 5.97 Å². The van der Waals surface area contributed by atoms with Crippen molar-refractivity contribution in [2.75, 3.05) is 17.7 Å². The van der Waals surface area contributed by atoms with E-state index in [0.29, 0.717) is 38.8 Å². The highest BCUT2D eigenvalue weighted by Gasteiger charge is 2.18. The Bertz CT molecular complexity index is 1110. The van der Waals surface area contributed by atoms with Crippen molar-refractivity contribution in [1.29, 1.82) is 0 Å². The van der Waals surface area contributed by atoms with Crippen LogP contribution in [0.4, 0.5) is 5.13 Å². The minimum atomic E-state index is -0.442. The summed E-state index contributed by atoms with van der Waals surface area (Å²) in [5, 5.41) is 12.9. The number of allylic oxidation sites excluding steroid dienone is 1. The van der Waals surface area contributed by atoms with Crippen LogP contribution in [-0.2, 0) is 22.5 Å². The minimum Gasteiger partial charge on any atom is -0.462 e. The number of ether oxygens (including phenoxy) is 1. The maximum absolute atomic E-state index is 12.4. The molecule has 1 N–H and O–H groups in total. The van der Waals surface area contributed by atoms with E-state index in [2.05, 4.69) is 27.1 Å². The predicted molar refractivity (Wildman–Crippen MR) is 127 cm³/mol. The number of rotatable bonds is 10. The Morgan fingerprint density at radius 2 is 2.06 bits per heavy atom. The molecule has 11 heteroatoms. The zero-order valence-electron chi connectivity index (χ0n) is 17.6. The smallest absolute Gasteiger partial charge is 0.350 e. The predicted octanol–water partition coefficient (Wildman–Crippen LogP) is 4.38. The van der Waals surface area contributed by atoms with Gasteiger partial charge in [-0.1, -0.05) is 52.9 Å². The van der Waals surface area contributed by atoms with Gasteiger partial charge in [0.15, 0.2) is 10.3 Å². The number of aryl methyl sites for hydroxylation is 1. The highest BCUT2D eigenvalue weighted by molar-refractivity contribution is 7.99. The fraction of sp³-hybridized carbons (Fsp3) is 0.286. The number of hydrogen-bond acceptors (Lipinski definition) is 8. The molecule has 8 nitrogen and oxygen atoms in total. The largest absolute Gasteiger partial charge is 0.462 e. The maximum Gasteiger partial charge on any atom is 0.350 e. The number of thiazole rings is 1. The highest BCUT2D eigenvalue weighted by Crippen LogP contribution is 2.24. The van der Waals surface area contributed by atoms with Crippen molar-refractivity contribution >= 4 is 51.7 Å². The molecule has 0 spiro atoms. The van der Waals surface area contributed by atoms with E-state index in [1.54, 1.807) is 19.9 Å². The molecular formula is C21H22ClN5O3S2. The maximum atomic E-state index is 12.4. The Labute approximate surface area is 199 Å². The quantitative estimate of drug-likeness (QED) is 0.255. The number of nitrogens with zero attached hydrogens (tertiary/aromatic N) is 4. The van der Waals surface area contributed by atoms with Gasteiger partial charge in [0.2, 0.25) is 5.91 Å². The standard InChI is InChI=1S/C21H22ClN5O3S2/c1-4-10-27-16(11-14-6-8-15(22)9-7-14)25-26-21(27)31-12-17(28)24-20-23-13(3)18(32-20)19(29)30-5-2/h4,6-9H,1,5,10-12H2,2-3H3,(H,23,24,28). The van der Waals surface area contributed by atoms with Crippen LogP contribution in [0.25, 0.3) is 0 Å². The number of carbonyl (C=O) groups is 2. The Hall–Kier alpha value is -2.69. The van der Waals surface area contributed by atoms with Gasteiger partial charge in [-0.05, 0) is 31.5 Å². The van der Waals surface area contributed by atoms with Crippen molar-refractivity contribution in [1.82, 2.24) is 19.7 Å². The molecule has 0 aliphatic carbocycles. The van der Waals surface area contributed by atoms with E-state index in [0.717, 1.165) is 22.7 Å². The number of halogens is 1. The molecule has 0 aliphatic rings. The van der Waals surface area contributed by atoms with Gasteiger partial charge in [0.05, 0.1) is 18.1 Å². The van der Waals surface area contributed by atoms with E-state index in [1.165, 1.54) is 11.8 Å². The lowest BCUT2D eigenvalue weighted by atomic mass is 10.1. The molecule has 3 rings (SSSR count). The van der Waals surface area contributed by atoms with Crippen LogP contribution in [-0.4, -0.2) is 44.0 Å². The van der Waals surface area contributed by atoms with Crippen LogP contribution in [0.3, 0.4) is 0 Å². The lowest BCUT2D eigenvalue weighted by Gasteiger charge is -2.08. The van der Waals surface area contributed by atoms with E-state index < -0.39 is 5.97 Å². The topological polar surface area (TPSA) is 99.0 Å². The van der Waals surface area contributed by atoms with Crippen LogP contribution in [0.2, 0.25) is 5.02 Å². The molecule has 0 aliphatic heterocycles. The molecule has 0 unspecified atom stereocenters. The summed E-state index contributed by atoms with van der Waals surface area (Å²) in [6.07, 6.45) is 2.34. The van der Waals surface area contributed by atoms with Gasteiger partial charge in [0, 0.05) is 18.0 Å². The van der Waals surface area contributed by atoms with Crippen molar-refractivity contribution in [3.8, 4) is 0 Å². The third-order valence-corrected chi connectivity index (χ3v) is 6.49. The van der Waals surface area contributed by atoms with Gasteiger partial charge < -0.3 is 14.6 Å². The number of anilines is 1. The molecule has 0 bridgehead atoms. The molecule has 1 amide bonds. The molecule has 0 saturated heterocycles. The molecule has 3 aromatic rings. The lowest BCUT2D eigenvalue weighted by molar-refractivity contribution is -0.113. The van der Waals surface area contributed by atoms with Crippen LogP contribution >= 0.6 is 34.7 Å². The fourth-order valence-corrected chi connectivity index (χ4v) is 4.54. The summed E-state index contributed by atoms with van der Waals surface area (Å²) in [5.41, 5.74) is 1.58. The van der Waals surface area contributed by atoms with E-state index in [4.69, 9.17) is 16.3 Å². The lowest BCUT2D eigenvalue weighted by Crippen LogP contribution is -2.14. The zero-order chi connectivity index (χ0) is 23.1. The number of carbonyl (C=O) groups excluding carboxylic acids is 2. The average molecular weight is 492 g/mol. The normalized spacial score (nSPS) is 10.7. The second-order valence-corrected chi connectivity index (χ2v) is 8.97. The zero-order valence-corrected chi connectivity index (χ0v) is 20.0. The number of hydrogen-bond donors (Lipinski definition) is 1. The molecule has 1 aromatic carbocycles. The van der Waals surface area contributed by atoms with Crippen LogP contribution in [0.5, 0.6) is 0 Å². The molecular weight excluding hydrogens is 470 g/mol. The summed E-state index contributed by atoms with van der Waals surface area (Å²) in [7, 11) is 0. The number of aromatic nitrogens is 4. The number of thioether (sulfide) groups is 1. The van der Waals surface area contributed by atoms with Gasteiger partial charge in [-0.2, -0.15) is 0 Å². The van der Waals surface area contributed by atoms with E-state index in [9.17, 15) is 9.59 Å². The third-order valence-electron chi connectivity index (χ3n) is 4.22. The third kappa shape index (κ3) is 6.18. The Morgan fingerprint density at radius 3 is 2.75 bits per heavy atom. The molecule has 0 atom stereocenters. The number of amides is 1. The van der Waals surface area contributed by atoms with Crippen molar-refractivity contribution in [3.63, 3.8) is 0 Å². The van der Waals surface area contributed by atoms with Crippen molar-refractivity contribution in [2.45, 2.75) is 32.0 Å². The molecule has 0 saturated carbocycles. The first-order chi connectivity index (χ1) is 15.4. The van der Waals surface area contributed by atoms with Crippen molar-refractivity contribution in [3.05, 3.63) is 63.9 Å². The molecule has 32 heavy (non-hydrogen) atoms. The molecule has 2 aromatic heterocycles. The van der Waals surface area contributed by atoms with E-state index in [1.807, 2.05) is 28.8 Å². The molecule has 0 radical (unpaired) electrons. The van der Waals surface area contributed by atoms with Crippen LogP contribution in [0, 0.1) is 6.92 Å². The Morgan fingerprint density at radius 1 is 1.31 bits per heavy atom. The first-order valence-electron chi connectivity index (χ1n) is 9.75. The van der Waals surface area contributed by atoms with Gasteiger partial charge in [0.25, 0.3) is 0 Å². The number of esters is 1. The fourth-order valence-electron chi connectivity index (χ4n) is 2.78. The molecule has 2 heterocycles.